The first-order valence-corrected chi connectivity index (χ1v) is 8.68. The summed E-state index contributed by atoms with van der Waals surface area (Å²) in [6.07, 6.45) is 0. The van der Waals surface area contributed by atoms with Gasteiger partial charge in [-0.15, -0.1) is 0 Å². The van der Waals surface area contributed by atoms with Gasteiger partial charge in [0.05, 0.1) is 5.92 Å². The molecule has 0 saturated carbocycles. The minimum Gasteiger partial charge on any atom is -0.325 e. The van der Waals surface area contributed by atoms with Crippen LogP contribution in [-0.2, 0) is 4.79 Å². The fourth-order valence-electron chi connectivity index (χ4n) is 2.92. The van der Waals surface area contributed by atoms with E-state index in [0.29, 0.717) is 11.1 Å². The maximum atomic E-state index is 14.6. The molecule has 1 unspecified atom stereocenters. The first-order chi connectivity index (χ1) is 12.5. The zero-order valence-electron chi connectivity index (χ0n) is 15.2. The predicted molar refractivity (Wildman–Crippen MR) is 105 cm³/mol. The number of hydrogen-bond donors (Lipinski definition) is 1. The summed E-state index contributed by atoms with van der Waals surface area (Å²) < 4.78 is 14.6. The molecule has 1 N–H and O–H groups in total. The van der Waals surface area contributed by atoms with E-state index in [1.807, 2.05) is 68.4 Å². The SMILES string of the molecule is Cc1ccc(C)c(NC(=O)C(C)c2ccc(-c3ccccc3)c(F)c2)c1. The fraction of sp³-hybridized carbons (Fsp3) is 0.174. The molecular weight excluding hydrogens is 325 g/mol. The van der Waals surface area contributed by atoms with Crippen LogP contribution in [0.25, 0.3) is 11.1 Å². The van der Waals surface area contributed by atoms with Gasteiger partial charge >= 0.3 is 0 Å². The van der Waals surface area contributed by atoms with Crippen molar-refractivity contribution in [3.05, 3.63) is 89.2 Å². The van der Waals surface area contributed by atoms with Crippen LogP contribution in [0.3, 0.4) is 0 Å². The summed E-state index contributed by atoms with van der Waals surface area (Å²) >= 11 is 0. The third-order valence-corrected chi connectivity index (χ3v) is 4.62. The molecule has 0 bridgehead atoms. The van der Waals surface area contributed by atoms with Gasteiger partial charge in [0.1, 0.15) is 5.82 Å². The van der Waals surface area contributed by atoms with E-state index >= 15 is 0 Å². The van der Waals surface area contributed by atoms with Crippen LogP contribution < -0.4 is 5.32 Å². The molecule has 0 heterocycles. The number of amides is 1. The van der Waals surface area contributed by atoms with E-state index in [-0.39, 0.29) is 11.7 Å². The van der Waals surface area contributed by atoms with Gasteiger partial charge in [0.25, 0.3) is 0 Å². The highest BCUT2D eigenvalue weighted by Gasteiger charge is 2.18. The number of hydrogen-bond acceptors (Lipinski definition) is 1. The summed E-state index contributed by atoms with van der Waals surface area (Å²) in [5.41, 5.74) is 4.90. The molecule has 2 nitrogen and oxygen atoms in total. The van der Waals surface area contributed by atoms with E-state index in [1.165, 1.54) is 6.07 Å². The molecule has 3 rings (SSSR count). The van der Waals surface area contributed by atoms with Gasteiger partial charge in [-0.3, -0.25) is 4.79 Å². The van der Waals surface area contributed by atoms with Gasteiger partial charge in [-0.05, 0) is 55.2 Å². The molecular formula is C23H22FNO. The molecule has 1 amide bonds. The van der Waals surface area contributed by atoms with Gasteiger partial charge in [0.2, 0.25) is 5.91 Å². The van der Waals surface area contributed by atoms with Crippen molar-refractivity contribution in [3.63, 3.8) is 0 Å². The number of carbonyl (C=O) groups is 1. The monoisotopic (exact) mass is 347 g/mol. The van der Waals surface area contributed by atoms with Crippen LogP contribution in [0.1, 0.15) is 29.5 Å². The van der Waals surface area contributed by atoms with Crippen LogP contribution in [-0.4, -0.2) is 5.91 Å². The van der Waals surface area contributed by atoms with Crippen LogP contribution in [0.4, 0.5) is 10.1 Å². The number of nitrogens with one attached hydrogen (secondary N) is 1. The maximum absolute atomic E-state index is 14.6. The molecule has 0 saturated heterocycles. The second-order valence-electron chi connectivity index (χ2n) is 6.63. The Kier molecular flexibility index (Phi) is 5.17. The number of halogens is 1. The highest BCUT2D eigenvalue weighted by atomic mass is 19.1. The van der Waals surface area contributed by atoms with Gasteiger partial charge in [0, 0.05) is 11.3 Å². The lowest BCUT2D eigenvalue weighted by atomic mass is 9.96. The Morgan fingerprint density at radius 1 is 0.962 bits per heavy atom. The molecule has 0 aliphatic carbocycles. The zero-order chi connectivity index (χ0) is 18.7. The van der Waals surface area contributed by atoms with Gasteiger partial charge < -0.3 is 5.32 Å². The lowest BCUT2D eigenvalue weighted by Crippen LogP contribution is -2.19. The third-order valence-electron chi connectivity index (χ3n) is 4.62. The molecule has 0 aromatic heterocycles. The molecule has 26 heavy (non-hydrogen) atoms. The van der Waals surface area contributed by atoms with Crippen molar-refractivity contribution in [2.24, 2.45) is 0 Å². The van der Waals surface area contributed by atoms with Gasteiger partial charge in [-0.25, -0.2) is 4.39 Å². The lowest BCUT2D eigenvalue weighted by molar-refractivity contribution is -0.117. The second kappa shape index (κ2) is 7.52. The average Bonchev–Trinajstić information content (AvgIpc) is 2.64. The number of aryl methyl sites for hydroxylation is 2. The summed E-state index contributed by atoms with van der Waals surface area (Å²) in [5.74, 6) is -0.917. The Labute approximate surface area is 153 Å². The molecule has 0 radical (unpaired) electrons. The molecule has 0 aliphatic heterocycles. The van der Waals surface area contributed by atoms with E-state index in [9.17, 15) is 9.18 Å². The first-order valence-electron chi connectivity index (χ1n) is 8.68. The van der Waals surface area contributed by atoms with Gasteiger partial charge in [-0.2, -0.15) is 0 Å². The molecule has 3 aromatic carbocycles. The summed E-state index contributed by atoms with van der Waals surface area (Å²) in [6, 6.07) is 20.3. The van der Waals surface area contributed by atoms with Gasteiger partial charge in [-0.1, -0.05) is 54.6 Å². The van der Waals surface area contributed by atoms with Crippen molar-refractivity contribution in [1.82, 2.24) is 0 Å². The van der Waals surface area contributed by atoms with E-state index in [4.69, 9.17) is 0 Å². The summed E-state index contributed by atoms with van der Waals surface area (Å²) in [4.78, 5) is 12.6. The number of carbonyl (C=O) groups excluding carboxylic acids is 1. The van der Waals surface area contributed by atoms with Crippen molar-refractivity contribution in [2.45, 2.75) is 26.7 Å². The Morgan fingerprint density at radius 3 is 2.38 bits per heavy atom. The smallest absolute Gasteiger partial charge is 0.231 e. The van der Waals surface area contributed by atoms with E-state index in [0.717, 1.165) is 22.4 Å². The quantitative estimate of drug-likeness (QED) is 0.630. The van der Waals surface area contributed by atoms with Crippen molar-refractivity contribution in [1.29, 1.82) is 0 Å². The van der Waals surface area contributed by atoms with Crippen molar-refractivity contribution in [3.8, 4) is 11.1 Å². The highest BCUT2D eigenvalue weighted by Crippen LogP contribution is 2.27. The van der Waals surface area contributed by atoms with Crippen LogP contribution in [0.15, 0.2) is 66.7 Å². The molecule has 0 fully saturated rings. The Morgan fingerprint density at radius 2 is 1.69 bits per heavy atom. The summed E-state index contributed by atoms with van der Waals surface area (Å²) in [6.45, 7) is 5.72. The normalized spacial score (nSPS) is 11.8. The highest BCUT2D eigenvalue weighted by molar-refractivity contribution is 5.96. The molecule has 3 aromatic rings. The standard InChI is InChI=1S/C23H22FNO/c1-15-9-10-16(2)22(13-15)25-23(26)17(3)19-11-12-20(21(24)14-19)18-7-5-4-6-8-18/h4-14,17H,1-3H3,(H,25,26). The van der Waals surface area contributed by atoms with Crippen molar-refractivity contribution < 1.29 is 9.18 Å². The summed E-state index contributed by atoms with van der Waals surface area (Å²) in [5, 5.41) is 2.95. The topological polar surface area (TPSA) is 29.1 Å². The Bertz CT molecular complexity index is 934. The van der Waals surface area contributed by atoms with E-state index < -0.39 is 5.92 Å². The van der Waals surface area contributed by atoms with E-state index in [1.54, 1.807) is 13.0 Å². The molecule has 3 heteroatoms. The fourth-order valence-corrected chi connectivity index (χ4v) is 2.92. The van der Waals surface area contributed by atoms with E-state index in [2.05, 4.69) is 5.32 Å². The number of rotatable bonds is 4. The number of benzene rings is 3. The minimum absolute atomic E-state index is 0.148. The first kappa shape index (κ1) is 17.9. The van der Waals surface area contributed by atoms with Crippen molar-refractivity contribution in [2.75, 3.05) is 5.32 Å². The zero-order valence-corrected chi connectivity index (χ0v) is 15.2. The largest absolute Gasteiger partial charge is 0.325 e. The van der Waals surface area contributed by atoms with Crippen LogP contribution in [0, 0.1) is 19.7 Å². The Hall–Kier alpha value is -2.94. The van der Waals surface area contributed by atoms with Crippen molar-refractivity contribution >= 4 is 11.6 Å². The van der Waals surface area contributed by atoms with Crippen LogP contribution >= 0.6 is 0 Å². The Balaban J connectivity index is 1.81. The second-order valence-corrected chi connectivity index (χ2v) is 6.63. The number of anilines is 1. The average molecular weight is 347 g/mol. The molecule has 0 spiro atoms. The maximum Gasteiger partial charge on any atom is 0.231 e. The van der Waals surface area contributed by atoms with Crippen LogP contribution in [0.2, 0.25) is 0 Å². The molecule has 1 atom stereocenters. The van der Waals surface area contributed by atoms with Gasteiger partial charge in [0.15, 0.2) is 0 Å². The lowest BCUT2D eigenvalue weighted by Gasteiger charge is -2.15. The predicted octanol–water partition coefficient (Wildman–Crippen LogP) is 5.85. The third kappa shape index (κ3) is 3.83. The molecule has 0 aliphatic rings. The summed E-state index contributed by atoms with van der Waals surface area (Å²) in [7, 11) is 0. The van der Waals surface area contributed by atoms with Crippen LogP contribution in [0.5, 0.6) is 0 Å². The molecule has 132 valence electrons. The minimum atomic E-state index is -0.450.